The van der Waals surface area contributed by atoms with Crippen molar-refractivity contribution in [2.45, 2.75) is 17.3 Å². The van der Waals surface area contributed by atoms with E-state index in [-0.39, 0.29) is 0 Å². The Morgan fingerprint density at radius 3 is 1.88 bits per heavy atom. The van der Waals surface area contributed by atoms with Crippen molar-refractivity contribution in [2.75, 3.05) is 7.05 Å². The molecule has 1 aliphatic rings. The molecular weight excluding hydrogens is 145 g/mol. The van der Waals surface area contributed by atoms with Gasteiger partial charge in [-0.15, -0.1) is 0 Å². The Balaban J connectivity index is 2.45. The minimum atomic E-state index is -0.491. The van der Waals surface area contributed by atoms with Crippen LogP contribution in [0.4, 0.5) is 0 Å². The van der Waals surface area contributed by atoms with Gasteiger partial charge in [-0.25, -0.2) is 0 Å². The van der Waals surface area contributed by atoms with Crippen LogP contribution in [0.25, 0.3) is 0 Å². The molecule has 1 N–H and O–H groups in total. The molecule has 0 aromatic carbocycles. The van der Waals surface area contributed by atoms with E-state index in [2.05, 4.69) is 5.32 Å². The van der Waals surface area contributed by atoms with Gasteiger partial charge in [0.25, 0.3) is 0 Å². The molecule has 0 saturated heterocycles. The summed E-state index contributed by atoms with van der Waals surface area (Å²) in [6.07, 6.45) is 0. The van der Waals surface area contributed by atoms with Gasteiger partial charge in [0.05, 0.1) is 0 Å². The third-order valence-corrected chi connectivity index (χ3v) is 2.88. The van der Waals surface area contributed by atoms with Gasteiger partial charge in [-0.1, -0.05) is 30.1 Å². The SMILES string of the molecule is CN[C@H]1[C@@H](C)C1(Cl)Cl. The van der Waals surface area contributed by atoms with Gasteiger partial charge < -0.3 is 5.32 Å². The molecule has 0 aromatic heterocycles. The first kappa shape index (κ1) is 6.66. The smallest absolute Gasteiger partial charge is 0.137 e. The first-order valence-corrected chi connectivity index (χ1v) is 3.41. The summed E-state index contributed by atoms with van der Waals surface area (Å²) in [4.78, 5) is 0. The zero-order chi connectivity index (χ0) is 6.36. The summed E-state index contributed by atoms with van der Waals surface area (Å²) in [5.74, 6) is 0.399. The Kier molecular flexibility index (Phi) is 1.46. The Labute approximate surface area is 59.3 Å². The van der Waals surface area contributed by atoms with E-state index >= 15 is 0 Å². The van der Waals surface area contributed by atoms with Crippen LogP contribution < -0.4 is 5.32 Å². The Morgan fingerprint density at radius 1 is 1.50 bits per heavy atom. The molecule has 0 aromatic rings. The first-order chi connectivity index (χ1) is 3.60. The van der Waals surface area contributed by atoms with Crippen LogP contribution >= 0.6 is 23.2 Å². The summed E-state index contributed by atoms with van der Waals surface area (Å²) in [6.45, 7) is 2.03. The summed E-state index contributed by atoms with van der Waals surface area (Å²) < 4.78 is -0.491. The molecule has 1 fully saturated rings. The highest BCUT2D eigenvalue weighted by Gasteiger charge is 2.59. The molecule has 1 aliphatic carbocycles. The second kappa shape index (κ2) is 1.76. The van der Waals surface area contributed by atoms with Gasteiger partial charge in [0.2, 0.25) is 0 Å². The lowest BCUT2D eigenvalue weighted by molar-refractivity contribution is 0.746. The van der Waals surface area contributed by atoms with Gasteiger partial charge in [-0.3, -0.25) is 0 Å². The zero-order valence-corrected chi connectivity index (χ0v) is 6.42. The third-order valence-electron chi connectivity index (χ3n) is 1.72. The highest BCUT2D eigenvalue weighted by Crippen LogP contribution is 2.52. The minimum absolute atomic E-state index is 0.297. The molecule has 1 rings (SSSR count). The molecule has 0 unspecified atom stereocenters. The van der Waals surface area contributed by atoms with Gasteiger partial charge in [0, 0.05) is 12.0 Å². The van der Waals surface area contributed by atoms with E-state index in [4.69, 9.17) is 23.2 Å². The van der Waals surface area contributed by atoms with E-state index in [1.807, 2.05) is 14.0 Å². The Morgan fingerprint density at radius 2 is 1.88 bits per heavy atom. The van der Waals surface area contributed by atoms with Crippen LogP contribution in [0.2, 0.25) is 0 Å². The van der Waals surface area contributed by atoms with Crippen molar-refractivity contribution in [3.8, 4) is 0 Å². The van der Waals surface area contributed by atoms with Crippen LogP contribution in [-0.4, -0.2) is 17.4 Å². The fraction of sp³-hybridized carbons (Fsp3) is 1.00. The fourth-order valence-electron chi connectivity index (χ4n) is 0.922. The maximum atomic E-state index is 5.76. The summed E-state index contributed by atoms with van der Waals surface area (Å²) >= 11 is 11.5. The lowest BCUT2D eigenvalue weighted by Crippen LogP contribution is -2.14. The molecule has 0 spiro atoms. The molecule has 3 heteroatoms. The lowest BCUT2D eigenvalue weighted by atomic mass is 10.5. The summed E-state index contributed by atoms with van der Waals surface area (Å²) in [7, 11) is 1.87. The topological polar surface area (TPSA) is 12.0 Å². The van der Waals surface area contributed by atoms with E-state index < -0.39 is 4.33 Å². The van der Waals surface area contributed by atoms with Gasteiger partial charge in [-0.05, 0) is 7.05 Å². The van der Waals surface area contributed by atoms with Crippen LogP contribution in [-0.2, 0) is 0 Å². The van der Waals surface area contributed by atoms with Gasteiger partial charge in [-0.2, -0.15) is 0 Å². The van der Waals surface area contributed by atoms with Gasteiger partial charge in [0.1, 0.15) is 4.33 Å². The predicted molar refractivity (Wildman–Crippen MR) is 36.4 cm³/mol. The van der Waals surface area contributed by atoms with Gasteiger partial charge in [0.15, 0.2) is 0 Å². The van der Waals surface area contributed by atoms with Crippen LogP contribution in [0.5, 0.6) is 0 Å². The van der Waals surface area contributed by atoms with E-state index in [1.165, 1.54) is 0 Å². The highest BCUT2D eigenvalue weighted by molar-refractivity contribution is 6.51. The van der Waals surface area contributed by atoms with Crippen LogP contribution in [0.15, 0.2) is 0 Å². The molecule has 8 heavy (non-hydrogen) atoms. The number of nitrogens with one attached hydrogen (secondary N) is 1. The molecule has 0 amide bonds. The van der Waals surface area contributed by atoms with E-state index in [0.29, 0.717) is 12.0 Å². The normalized spacial score (nSPS) is 42.0. The van der Waals surface area contributed by atoms with Crippen molar-refractivity contribution >= 4 is 23.2 Å². The number of rotatable bonds is 1. The van der Waals surface area contributed by atoms with Crippen molar-refractivity contribution in [2.24, 2.45) is 5.92 Å². The third kappa shape index (κ3) is 0.734. The molecular formula is C5H9Cl2N. The Hall–Kier alpha value is 0.540. The Bertz CT molecular complexity index is 103. The maximum absolute atomic E-state index is 5.76. The summed E-state index contributed by atoms with van der Waals surface area (Å²) in [5.41, 5.74) is 0. The average Bonchev–Trinajstić information content (AvgIpc) is 2.09. The van der Waals surface area contributed by atoms with Crippen molar-refractivity contribution in [3.63, 3.8) is 0 Å². The lowest BCUT2D eigenvalue weighted by Gasteiger charge is -1.92. The van der Waals surface area contributed by atoms with Crippen LogP contribution in [0.1, 0.15) is 6.92 Å². The number of hydrogen-bond acceptors (Lipinski definition) is 1. The van der Waals surface area contributed by atoms with E-state index in [0.717, 1.165) is 0 Å². The molecule has 0 heterocycles. The maximum Gasteiger partial charge on any atom is 0.137 e. The highest BCUT2D eigenvalue weighted by atomic mass is 35.5. The first-order valence-electron chi connectivity index (χ1n) is 2.65. The van der Waals surface area contributed by atoms with E-state index in [1.54, 1.807) is 0 Å². The number of alkyl halides is 2. The molecule has 48 valence electrons. The quantitative estimate of drug-likeness (QED) is 0.563. The largest absolute Gasteiger partial charge is 0.314 e. The zero-order valence-electron chi connectivity index (χ0n) is 4.91. The van der Waals surface area contributed by atoms with E-state index in [9.17, 15) is 0 Å². The second-order valence-corrected chi connectivity index (χ2v) is 3.67. The standard InChI is InChI=1S/C5H9Cl2N/c1-3-4(8-2)5(3,6)7/h3-4,8H,1-2H3/t3-,4+/m1/s1. The summed E-state index contributed by atoms with van der Waals surface area (Å²) in [6, 6.07) is 0.297. The molecule has 1 nitrogen and oxygen atoms in total. The predicted octanol–water partition coefficient (Wildman–Crippen LogP) is 1.40. The monoisotopic (exact) mass is 153 g/mol. The van der Waals surface area contributed by atoms with Crippen LogP contribution in [0.3, 0.4) is 0 Å². The molecule has 1 saturated carbocycles. The molecule has 0 radical (unpaired) electrons. The van der Waals surface area contributed by atoms with Crippen molar-refractivity contribution in [1.29, 1.82) is 0 Å². The average molecular weight is 154 g/mol. The molecule has 2 atom stereocenters. The number of hydrogen-bond donors (Lipinski definition) is 1. The van der Waals surface area contributed by atoms with Crippen molar-refractivity contribution < 1.29 is 0 Å². The van der Waals surface area contributed by atoms with Crippen LogP contribution in [0, 0.1) is 5.92 Å². The minimum Gasteiger partial charge on any atom is -0.314 e. The summed E-state index contributed by atoms with van der Waals surface area (Å²) in [5, 5.41) is 3.02. The molecule has 0 bridgehead atoms. The van der Waals surface area contributed by atoms with Crippen molar-refractivity contribution in [3.05, 3.63) is 0 Å². The van der Waals surface area contributed by atoms with Crippen molar-refractivity contribution in [1.82, 2.24) is 5.32 Å². The van der Waals surface area contributed by atoms with Gasteiger partial charge >= 0.3 is 0 Å². The number of halogens is 2. The fourth-order valence-corrected chi connectivity index (χ4v) is 1.64. The second-order valence-electron chi connectivity index (χ2n) is 2.23. The molecule has 0 aliphatic heterocycles.